The first kappa shape index (κ1) is 22.4. The maximum atomic E-state index is 11.1. The fourth-order valence-electron chi connectivity index (χ4n) is 4.30. The minimum absolute atomic E-state index is 0.365. The number of aryl methyl sites for hydroxylation is 2. The zero-order chi connectivity index (χ0) is 22.5. The van der Waals surface area contributed by atoms with E-state index in [2.05, 4.69) is 47.9 Å². The molecule has 0 radical (unpaired) electrons. The fourth-order valence-corrected chi connectivity index (χ4v) is 4.69. The van der Waals surface area contributed by atoms with Crippen molar-refractivity contribution in [2.45, 2.75) is 31.9 Å². The van der Waals surface area contributed by atoms with Crippen molar-refractivity contribution >= 4 is 16.4 Å². The minimum atomic E-state index is -2.52. The number of anilines is 1. The third-order valence-electron chi connectivity index (χ3n) is 5.95. The fraction of sp³-hybridized carbons (Fsp3) is 0.308. The molecule has 0 amide bonds. The molecule has 1 saturated heterocycles. The van der Waals surface area contributed by atoms with Crippen molar-refractivity contribution in [2.75, 3.05) is 31.1 Å². The number of thiol groups is 1. The monoisotopic (exact) mass is 450 g/mol. The van der Waals surface area contributed by atoms with Gasteiger partial charge in [0.2, 0.25) is 0 Å². The van der Waals surface area contributed by atoms with Crippen molar-refractivity contribution < 1.29 is 13.2 Å². The first-order valence-electron chi connectivity index (χ1n) is 11.0. The van der Waals surface area contributed by atoms with Crippen LogP contribution in [0.3, 0.4) is 0 Å². The number of hydrogen-bond donors (Lipinski definition) is 1. The van der Waals surface area contributed by atoms with Crippen LogP contribution < -0.4 is 9.64 Å². The van der Waals surface area contributed by atoms with E-state index in [4.69, 9.17) is 4.74 Å². The van der Waals surface area contributed by atoms with Gasteiger partial charge in [0.25, 0.3) is 0 Å². The third kappa shape index (κ3) is 5.50. The molecule has 0 unspecified atom stereocenters. The predicted molar refractivity (Wildman–Crippen MR) is 129 cm³/mol. The zero-order valence-electron chi connectivity index (χ0n) is 18.7. The van der Waals surface area contributed by atoms with E-state index < -0.39 is 10.7 Å². The lowest BCUT2D eigenvalue weighted by Gasteiger charge is -2.36. The van der Waals surface area contributed by atoms with Gasteiger partial charge >= 0.3 is 0 Å². The quantitative estimate of drug-likeness (QED) is 0.548. The summed E-state index contributed by atoms with van der Waals surface area (Å²) in [4.78, 5) is 5.15. The lowest BCUT2D eigenvalue weighted by molar-refractivity contribution is 0.249. The summed E-state index contributed by atoms with van der Waals surface area (Å²) < 4.78 is 28.3. The molecule has 0 N–H and O–H groups in total. The summed E-state index contributed by atoms with van der Waals surface area (Å²) in [6.45, 7) is 9.55. The summed E-state index contributed by atoms with van der Waals surface area (Å²) in [5.74, 6) is 0.977. The van der Waals surface area contributed by atoms with Crippen LogP contribution in [0.15, 0.2) is 71.6 Å². The number of ether oxygens (including phenoxy) is 1. The smallest absolute Gasteiger partial charge is 0.168 e. The molecule has 1 aliphatic heterocycles. The Morgan fingerprint density at radius 1 is 0.812 bits per heavy atom. The maximum absolute atomic E-state index is 11.1. The van der Waals surface area contributed by atoms with Gasteiger partial charge in [-0.25, -0.2) is 8.42 Å². The van der Waals surface area contributed by atoms with Gasteiger partial charge in [0, 0.05) is 38.4 Å². The molecule has 1 aliphatic rings. The van der Waals surface area contributed by atoms with Crippen molar-refractivity contribution in [1.29, 1.82) is 0 Å². The van der Waals surface area contributed by atoms with Gasteiger partial charge in [-0.1, -0.05) is 42.5 Å². The molecule has 1 fully saturated rings. The molecule has 0 aliphatic carbocycles. The molecule has 0 aromatic heterocycles. The molecule has 1 heterocycles. The molecule has 0 bridgehead atoms. The molecule has 168 valence electrons. The molecule has 3 aromatic carbocycles. The van der Waals surface area contributed by atoms with Crippen LogP contribution in [0.2, 0.25) is 0 Å². The van der Waals surface area contributed by atoms with E-state index in [9.17, 15) is 8.42 Å². The Morgan fingerprint density at radius 2 is 1.44 bits per heavy atom. The highest BCUT2D eigenvalue weighted by molar-refractivity contribution is 7.72. The first-order chi connectivity index (χ1) is 15.5. The van der Waals surface area contributed by atoms with Crippen molar-refractivity contribution in [2.24, 2.45) is 0 Å². The standard InChI is InChI=1S/C26H30N2O3S/c1-20-16-23(17-21(2)26(20)31-19-22-6-4-3-5-7-22)18-27-12-14-28(15-13-27)24-8-10-25(11-9-24)32(29)30/h3-11,16-17,32H,12-15,18-19H2,1-2H3. The summed E-state index contributed by atoms with van der Waals surface area (Å²) in [7, 11) is -2.52. The summed E-state index contributed by atoms with van der Waals surface area (Å²) in [5, 5.41) is 0. The normalized spacial score (nSPS) is 14.7. The Bertz CT molecular complexity index is 1090. The topological polar surface area (TPSA) is 49.9 Å². The molecule has 0 saturated carbocycles. The van der Waals surface area contributed by atoms with Gasteiger partial charge in [-0.3, -0.25) is 4.90 Å². The number of nitrogens with zero attached hydrogens (tertiary/aromatic N) is 2. The van der Waals surface area contributed by atoms with Crippen molar-refractivity contribution in [1.82, 2.24) is 4.90 Å². The Hall–Kier alpha value is -2.83. The Kier molecular flexibility index (Phi) is 7.12. The van der Waals surface area contributed by atoms with Gasteiger partial charge in [-0.15, -0.1) is 0 Å². The summed E-state index contributed by atoms with van der Waals surface area (Å²) in [5.41, 5.74) is 5.91. The second-order valence-electron chi connectivity index (χ2n) is 8.37. The lowest BCUT2D eigenvalue weighted by atomic mass is 10.0. The van der Waals surface area contributed by atoms with Gasteiger partial charge in [0.05, 0.1) is 4.90 Å². The Labute approximate surface area is 192 Å². The van der Waals surface area contributed by atoms with Crippen LogP contribution in [-0.2, 0) is 23.9 Å². The highest BCUT2D eigenvalue weighted by Gasteiger charge is 2.18. The highest BCUT2D eigenvalue weighted by atomic mass is 32.2. The van der Waals surface area contributed by atoms with Gasteiger partial charge in [0.15, 0.2) is 10.7 Å². The van der Waals surface area contributed by atoms with E-state index in [1.165, 1.54) is 22.3 Å². The van der Waals surface area contributed by atoms with Crippen molar-refractivity contribution in [3.8, 4) is 5.75 Å². The summed E-state index contributed by atoms with van der Waals surface area (Å²) in [6, 6.07) is 21.9. The van der Waals surface area contributed by atoms with Gasteiger partial charge in [-0.2, -0.15) is 0 Å². The van der Waals surface area contributed by atoms with E-state index in [0.29, 0.717) is 11.5 Å². The highest BCUT2D eigenvalue weighted by Crippen LogP contribution is 2.27. The molecule has 4 rings (SSSR count). The molecule has 0 atom stereocenters. The predicted octanol–water partition coefficient (Wildman–Crippen LogP) is 4.17. The molecular formula is C26H30N2O3S. The molecule has 5 nitrogen and oxygen atoms in total. The van der Waals surface area contributed by atoms with Crippen LogP contribution in [0, 0.1) is 13.8 Å². The average molecular weight is 451 g/mol. The molecule has 6 heteroatoms. The molecule has 3 aromatic rings. The van der Waals surface area contributed by atoms with E-state index >= 15 is 0 Å². The van der Waals surface area contributed by atoms with Crippen LogP contribution >= 0.6 is 0 Å². The Balaban J connectivity index is 1.33. The SMILES string of the molecule is Cc1cc(CN2CCN(c3ccc([SH](=O)=O)cc3)CC2)cc(C)c1OCc1ccccc1. The zero-order valence-corrected chi connectivity index (χ0v) is 19.6. The van der Waals surface area contributed by atoms with Crippen LogP contribution in [0.25, 0.3) is 0 Å². The number of benzene rings is 3. The molecular weight excluding hydrogens is 420 g/mol. The van der Waals surface area contributed by atoms with Crippen LogP contribution in [-0.4, -0.2) is 39.5 Å². The Morgan fingerprint density at radius 3 is 2.03 bits per heavy atom. The van der Waals surface area contributed by atoms with Crippen LogP contribution in [0.4, 0.5) is 5.69 Å². The van der Waals surface area contributed by atoms with Crippen LogP contribution in [0.1, 0.15) is 22.3 Å². The third-order valence-corrected chi connectivity index (χ3v) is 6.67. The van der Waals surface area contributed by atoms with Gasteiger partial charge < -0.3 is 9.64 Å². The van der Waals surface area contributed by atoms with Crippen molar-refractivity contribution in [3.63, 3.8) is 0 Å². The number of hydrogen-bond acceptors (Lipinski definition) is 5. The largest absolute Gasteiger partial charge is 0.488 e. The molecule has 32 heavy (non-hydrogen) atoms. The van der Waals surface area contributed by atoms with Gasteiger partial charge in [0.1, 0.15) is 12.4 Å². The average Bonchev–Trinajstić information content (AvgIpc) is 2.80. The lowest BCUT2D eigenvalue weighted by Crippen LogP contribution is -2.45. The number of rotatable bonds is 7. The second-order valence-corrected chi connectivity index (χ2v) is 9.40. The summed E-state index contributed by atoms with van der Waals surface area (Å²) in [6.07, 6.45) is 0. The van der Waals surface area contributed by atoms with E-state index in [1.54, 1.807) is 12.1 Å². The van der Waals surface area contributed by atoms with Crippen molar-refractivity contribution in [3.05, 3.63) is 89.0 Å². The van der Waals surface area contributed by atoms with Gasteiger partial charge in [-0.05, 0) is 60.4 Å². The van der Waals surface area contributed by atoms with E-state index in [0.717, 1.165) is 44.2 Å². The first-order valence-corrected chi connectivity index (χ1v) is 12.2. The van der Waals surface area contributed by atoms with Crippen LogP contribution in [0.5, 0.6) is 5.75 Å². The van der Waals surface area contributed by atoms with E-state index in [1.807, 2.05) is 30.3 Å². The maximum Gasteiger partial charge on any atom is 0.168 e. The summed E-state index contributed by atoms with van der Waals surface area (Å²) >= 11 is 0. The molecule has 0 spiro atoms. The number of piperazine rings is 1. The second kappa shape index (κ2) is 10.2. The minimum Gasteiger partial charge on any atom is -0.488 e. The van der Waals surface area contributed by atoms with E-state index in [-0.39, 0.29) is 0 Å².